The van der Waals surface area contributed by atoms with E-state index in [1.165, 1.54) is 0 Å². The highest BCUT2D eigenvalue weighted by atomic mass is 127. The number of aliphatic hydroxyl groups is 1. The van der Waals surface area contributed by atoms with Crippen LogP contribution in [0.15, 0.2) is 0 Å². The topological polar surface area (TPSA) is 94.9 Å². The number of carbonyl (C=O) groups excluding carboxylic acids is 2. The highest BCUT2D eigenvalue weighted by molar-refractivity contribution is 14.2. The highest BCUT2D eigenvalue weighted by Gasteiger charge is 2.44. The number of amides is 2. The Hall–Kier alpha value is -0.205. The van der Waals surface area contributed by atoms with Crippen LogP contribution in [0.3, 0.4) is 0 Å². The normalized spacial score (nSPS) is 23.1. The smallest absolute Gasteiger partial charge is 0.329 e. The number of nitrogens with zero attached hydrogens (tertiary/aromatic N) is 1. The van der Waals surface area contributed by atoms with Crippen LogP contribution in [0.25, 0.3) is 0 Å². The average Bonchev–Trinajstić information content (AvgIpc) is 2.47. The number of hydrogen-bond donors (Lipinski definition) is 2. The van der Waals surface area contributed by atoms with E-state index in [0.717, 1.165) is 0 Å². The molecule has 87 valence electrons. The predicted molar refractivity (Wildman–Crippen MR) is 66.8 cm³/mol. The van der Waals surface area contributed by atoms with Gasteiger partial charge in [-0.1, -0.05) is 28.1 Å². The van der Waals surface area contributed by atoms with Crippen molar-refractivity contribution in [3.05, 3.63) is 0 Å². The van der Waals surface area contributed by atoms with Crippen LogP contribution in [0.4, 0.5) is 0 Å². The Morgan fingerprint density at radius 2 is 2.31 bits per heavy atom. The first kappa shape index (κ1) is 13.9. The molecule has 3 unspecified atom stereocenters. The SMILES string of the molecule is O=C(O)C(CO)N1C(=O)CC([B]PI)C1=O. The molecular formula is C7H9BINO5P. The van der Waals surface area contributed by atoms with Gasteiger partial charge < -0.3 is 10.2 Å². The summed E-state index contributed by atoms with van der Waals surface area (Å²) in [5.41, 5.74) is 0. The van der Waals surface area contributed by atoms with Gasteiger partial charge in [0.25, 0.3) is 0 Å². The minimum Gasteiger partial charge on any atom is -0.480 e. The fourth-order valence-corrected chi connectivity index (χ4v) is 3.19. The molecule has 0 aliphatic carbocycles. The number of carboxylic acid groups (broad SMARTS) is 1. The van der Waals surface area contributed by atoms with Gasteiger partial charge in [0.2, 0.25) is 11.8 Å². The lowest BCUT2D eigenvalue weighted by molar-refractivity contribution is -0.155. The lowest BCUT2D eigenvalue weighted by Crippen LogP contribution is -2.47. The van der Waals surface area contributed by atoms with Gasteiger partial charge in [0.1, 0.15) is 0 Å². The Morgan fingerprint density at radius 1 is 1.69 bits per heavy atom. The molecule has 1 fully saturated rings. The fourth-order valence-electron chi connectivity index (χ4n) is 1.48. The number of rotatable bonds is 5. The average molecular weight is 356 g/mol. The van der Waals surface area contributed by atoms with Crippen LogP contribution in [0.1, 0.15) is 6.42 Å². The van der Waals surface area contributed by atoms with Gasteiger partial charge in [0.05, 0.1) is 6.61 Å². The summed E-state index contributed by atoms with van der Waals surface area (Å²) >= 11 is 2.07. The summed E-state index contributed by atoms with van der Waals surface area (Å²) in [5, 5.41) is 17.6. The van der Waals surface area contributed by atoms with Crippen molar-refractivity contribution in [1.29, 1.82) is 0 Å². The second-order valence-electron chi connectivity index (χ2n) is 3.22. The fraction of sp³-hybridized carbons (Fsp3) is 0.571. The summed E-state index contributed by atoms with van der Waals surface area (Å²) in [7, 11) is 0. The number of likely N-dealkylation sites (tertiary alicyclic amines) is 1. The molecule has 1 rings (SSSR count). The molecule has 2 N–H and O–H groups in total. The molecule has 6 nitrogen and oxygen atoms in total. The molecular weight excluding hydrogens is 347 g/mol. The van der Waals surface area contributed by atoms with Crippen molar-refractivity contribution in [1.82, 2.24) is 4.90 Å². The standard InChI is InChI=1S/C7H9BINO5P/c9-16-8-3-1-5(12)10(6(3)13)4(2-11)7(14)15/h3-4,11,16H,1-2H2,(H,14,15). The molecule has 16 heavy (non-hydrogen) atoms. The maximum absolute atomic E-state index is 11.7. The van der Waals surface area contributed by atoms with Gasteiger partial charge in [-0.25, -0.2) is 4.79 Å². The predicted octanol–water partition coefficient (Wildman–Crippen LogP) is -0.373. The minimum atomic E-state index is -1.46. The first-order valence-corrected chi connectivity index (χ1v) is 8.61. The largest absolute Gasteiger partial charge is 0.480 e. The molecule has 1 aliphatic rings. The van der Waals surface area contributed by atoms with E-state index in [9.17, 15) is 14.4 Å². The van der Waals surface area contributed by atoms with E-state index >= 15 is 0 Å². The summed E-state index contributed by atoms with van der Waals surface area (Å²) in [6.45, 7) is 0.934. The summed E-state index contributed by atoms with van der Waals surface area (Å²) in [6.07, 6.45) is 0.380. The number of aliphatic hydroxyl groups excluding tert-OH is 1. The Kier molecular flexibility index (Phi) is 5.13. The van der Waals surface area contributed by atoms with E-state index in [2.05, 4.69) is 22.0 Å². The molecule has 2 amide bonds. The van der Waals surface area contributed by atoms with Gasteiger partial charge >= 0.3 is 5.97 Å². The third-order valence-corrected chi connectivity index (χ3v) is 3.86. The highest BCUT2D eigenvalue weighted by Crippen LogP contribution is 2.33. The Bertz CT molecular complexity index is 328. The molecule has 1 radical (unpaired) electrons. The van der Waals surface area contributed by atoms with Crippen molar-refractivity contribution in [2.75, 3.05) is 6.61 Å². The second kappa shape index (κ2) is 5.93. The third kappa shape index (κ3) is 2.72. The van der Waals surface area contributed by atoms with Gasteiger partial charge in [0, 0.05) is 12.2 Å². The van der Waals surface area contributed by atoms with Gasteiger partial charge in [-0.05, 0) is 0 Å². The zero-order chi connectivity index (χ0) is 12.3. The van der Waals surface area contributed by atoms with Crippen molar-refractivity contribution in [2.45, 2.75) is 18.3 Å². The van der Waals surface area contributed by atoms with Crippen molar-refractivity contribution in [3.8, 4) is 0 Å². The molecule has 1 aliphatic heterocycles. The van der Waals surface area contributed by atoms with Crippen LogP contribution in [0, 0.1) is 0 Å². The van der Waals surface area contributed by atoms with Crippen LogP contribution < -0.4 is 0 Å². The molecule has 0 aromatic heterocycles. The third-order valence-electron chi connectivity index (χ3n) is 2.25. The lowest BCUT2D eigenvalue weighted by Gasteiger charge is -2.20. The summed E-state index contributed by atoms with van der Waals surface area (Å²) in [4.78, 5) is 34.6. The number of halogens is 1. The van der Waals surface area contributed by atoms with Crippen molar-refractivity contribution in [2.24, 2.45) is 0 Å². The molecule has 0 aromatic carbocycles. The first-order valence-electron chi connectivity index (χ1n) is 4.42. The van der Waals surface area contributed by atoms with Crippen molar-refractivity contribution >= 4 is 52.9 Å². The zero-order valence-electron chi connectivity index (χ0n) is 8.09. The van der Waals surface area contributed by atoms with Crippen LogP contribution in [0.5, 0.6) is 0 Å². The number of hydrogen-bond acceptors (Lipinski definition) is 4. The van der Waals surface area contributed by atoms with Crippen LogP contribution >= 0.6 is 28.1 Å². The zero-order valence-corrected chi connectivity index (χ0v) is 11.2. The maximum atomic E-state index is 11.7. The van der Waals surface area contributed by atoms with E-state index in [1.807, 2.05) is 0 Å². The van der Waals surface area contributed by atoms with Crippen LogP contribution in [-0.2, 0) is 14.4 Å². The number of imide groups is 1. The van der Waals surface area contributed by atoms with Gasteiger partial charge in [-0.3, -0.25) is 14.5 Å². The van der Waals surface area contributed by atoms with Crippen LogP contribution in [-0.4, -0.2) is 52.5 Å². The van der Waals surface area contributed by atoms with Crippen LogP contribution in [0.2, 0.25) is 5.82 Å². The van der Waals surface area contributed by atoms with Gasteiger partial charge in [-0.2, -0.15) is 0 Å². The first-order chi connectivity index (χ1) is 7.52. The quantitative estimate of drug-likeness (QED) is 0.303. The Labute approximate surface area is 107 Å². The van der Waals surface area contributed by atoms with Crippen molar-refractivity contribution in [3.63, 3.8) is 0 Å². The van der Waals surface area contributed by atoms with E-state index in [0.29, 0.717) is 11.0 Å². The van der Waals surface area contributed by atoms with E-state index in [4.69, 9.17) is 10.2 Å². The number of carbonyl (C=O) groups is 3. The molecule has 0 aromatic rings. The summed E-state index contributed by atoms with van der Waals surface area (Å²) in [6, 6.07) is -1.46. The van der Waals surface area contributed by atoms with E-state index in [-0.39, 0.29) is 6.42 Å². The number of carboxylic acids is 1. The van der Waals surface area contributed by atoms with E-state index in [1.54, 1.807) is 7.00 Å². The second-order valence-corrected chi connectivity index (χ2v) is 5.64. The Balaban J connectivity index is 2.84. The molecule has 3 atom stereocenters. The maximum Gasteiger partial charge on any atom is 0.329 e. The van der Waals surface area contributed by atoms with E-state index < -0.39 is 36.2 Å². The molecule has 0 spiro atoms. The summed E-state index contributed by atoms with van der Waals surface area (Å²) in [5.74, 6) is -2.99. The molecule has 1 heterocycles. The monoisotopic (exact) mass is 356 g/mol. The molecule has 0 saturated carbocycles. The summed E-state index contributed by atoms with van der Waals surface area (Å²) < 4.78 is 0. The van der Waals surface area contributed by atoms with Crippen molar-refractivity contribution < 1.29 is 24.6 Å². The van der Waals surface area contributed by atoms with Gasteiger partial charge in [-0.15, -0.1) is 0 Å². The molecule has 1 saturated heterocycles. The minimum absolute atomic E-state index is 0.00137. The molecule has 9 heteroatoms. The number of aliphatic carboxylic acids is 1. The van der Waals surface area contributed by atoms with Gasteiger partial charge in [0.15, 0.2) is 13.0 Å². The molecule has 0 bridgehead atoms. The Morgan fingerprint density at radius 3 is 2.75 bits per heavy atom. The lowest BCUT2D eigenvalue weighted by atomic mass is 9.84.